The van der Waals surface area contributed by atoms with Crippen LogP contribution in [0.1, 0.15) is 17.0 Å². The van der Waals surface area contributed by atoms with Gasteiger partial charge in [0.15, 0.2) is 0 Å². The molecule has 1 heterocycles. The van der Waals surface area contributed by atoms with Gasteiger partial charge < -0.3 is 4.42 Å². The Labute approximate surface area is 142 Å². The van der Waals surface area contributed by atoms with Crippen LogP contribution in [-0.2, 0) is 12.2 Å². The Balaban J connectivity index is 1.59. The lowest BCUT2D eigenvalue weighted by Crippen LogP contribution is -1.87. The first kappa shape index (κ1) is 15.4. The van der Waals surface area contributed by atoms with Gasteiger partial charge in [0.05, 0.1) is 6.42 Å². The average molecular weight is 351 g/mol. The normalized spacial score (nSPS) is 10.8. The molecule has 0 saturated heterocycles. The summed E-state index contributed by atoms with van der Waals surface area (Å²) in [4.78, 5) is 0. The number of halogens is 2. The van der Waals surface area contributed by atoms with Crippen LogP contribution in [0.3, 0.4) is 0 Å². The summed E-state index contributed by atoms with van der Waals surface area (Å²) in [5.74, 6) is 1.36. The third kappa shape index (κ3) is 4.26. The highest BCUT2D eigenvalue weighted by Gasteiger charge is 2.08. The molecule has 0 amide bonds. The highest BCUT2D eigenvalue weighted by atomic mass is 35.5. The van der Waals surface area contributed by atoms with E-state index in [1.165, 1.54) is 11.8 Å². The molecule has 0 atom stereocenters. The van der Waals surface area contributed by atoms with Crippen LogP contribution in [0.2, 0.25) is 10.0 Å². The van der Waals surface area contributed by atoms with Crippen molar-refractivity contribution >= 4 is 35.0 Å². The van der Waals surface area contributed by atoms with Crippen molar-refractivity contribution in [2.24, 2.45) is 0 Å². The number of aromatic nitrogens is 2. The Morgan fingerprint density at radius 1 is 0.818 bits per heavy atom. The van der Waals surface area contributed by atoms with E-state index in [1.54, 1.807) is 0 Å². The number of rotatable bonds is 5. The first-order chi connectivity index (χ1) is 10.7. The number of thioether (sulfide) groups is 1. The van der Waals surface area contributed by atoms with E-state index in [0.29, 0.717) is 22.6 Å². The minimum Gasteiger partial charge on any atom is -0.416 e. The molecule has 0 aliphatic heterocycles. The fourth-order valence-corrected chi connectivity index (χ4v) is 2.86. The zero-order valence-corrected chi connectivity index (χ0v) is 13.8. The Morgan fingerprint density at radius 2 is 1.41 bits per heavy atom. The Hall–Kier alpha value is -1.49. The molecule has 0 bridgehead atoms. The molecule has 2 aromatic carbocycles. The number of hydrogen-bond donors (Lipinski definition) is 0. The van der Waals surface area contributed by atoms with Gasteiger partial charge in [-0.1, -0.05) is 59.2 Å². The third-order valence-corrected chi connectivity index (χ3v) is 4.39. The molecule has 3 aromatic rings. The van der Waals surface area contributed by atoms with Gasteiger partial charge in [0.25, 0.3) is 5.22 Å². The zero-order valence-electron chi connectivity index (χ0n) is 11.5. The molecule has 0 unspecified atom stereocenters. The quantitative estimate of drug-likeness (QED) is 0.588. The minimum absolute atomic E-state index is 0.568. The summed E-state index contributed by atoms with van der Waals surface area (Å²) in [6.45, 7) is 0. The van der Waals surface area contributed by atoms with E-state index in [-0.39, 0.29) is 0 Å². The van der Waals surface area contributed by atoms with Crippen molar-refractivity contribution < 1.29 is 4.42 Å². The lowest BCUT2D eigenvalue weighted by molar-refractivity contribution is 0.420. The predicted molar refractivity (Wildman–Crippen MR) is 89.6 cm³/mol. The monoisotopic (exact) mass is 350 g/mol. The van der Waals surface area contributed by atoms with Crippen molar-refractivity contribution in [3.63, 3.8) is 0 Å². The summed E-state index contributed by atoms with van der Waals surface area (Å²) in [6.07, 6.45) is 0.603. The smallest absolute Gasteiger partial charge is 0.276 e. The van der Waals surface area contributed by atoms with Gasteiger partial charge in [0.1, 0.15) is 0 Å². The highest BCUT2D eigenvalue weighted by molar-refractivity contribution is 7.98. The van der Waals surface area contributed by atoms with Gasteiger partial charge in [0, 0.05) is 15.8 Å². The van der Waals surface area contributed by atoms with Crippen LogP contribution in [-0.4, -0.2) is 10.2 Å². The second-order valence-electron chi connectivity index (χ2n) is 4.68. The summed E-state index contributed by atoms with van der Waals surface area (Å²) < 4.78 is 5.64. The van der Waals surface area contributed by atoms with Gasteiger partial charge in [-0.2, -0.15) is 0 Å². The highest BCUT2D eigenvalue weighted by Crippen LogP contribution is 2.23. The molecule has 0 saturated carbocycles. The lowest BCUT2D eigenvalue weighted by atomic mass is 10.1. The van der Waals surface area contributed by atoms with Crippen molar-refractivity contribution in [3.05, 3.63) is 75.6 Å². The van der Waals surface area contributed by atoms with E-state index in [0.717, 1.165) is 21.9 Å². The molecule has 6 heteroatoms. The van der Waals surface area contributed by atoms with E-state index >= 15 is 0 Å². The maximum atomic E-state index is 5.86. The summed E-state index contributed by atoms with van der Waals surface area (Å²) in [5, 5.41) is 10.1. The van der Waals surface area contributed by atoms with Crippen molar-refractivity contribution in [2.45, 2.75) is 17.4 Å². The molecule has 3 nitrogen and oxygen atoms in total. The van der Waals surface area contributed by atoms with Gasteiger partial charge >= 0.3 is 0 Å². The van der Waals surface area contributed by atoms with E-state index in [2.05, 4.69) is 10.2 Å². The molecule has 0 spiro atoms. The van der Waals surface area contributed by atoms with Gasteiger partial charge in [-0.25, -0.2) is 0 Å². The Kier molecular flexibility index (Phi) is 5.03. The summed E-state index contributed by atoms with van der Waals surface area (Å²) in [7, 11) is 0. The van der Waals surface area contributed by atoms with E-state index in [9.17, 15) is 0 Å². The molecule has 3 rings (SSSR count). The predicted octanol–water partition coefficient (Wildman–Crippen LogP) is 5.26. The molecular formula is C16H12Cl2N2OS. The van der Waals surface area contributed by atoms with Crippen molar-refractivity contribution in [1.82, 2.24) is 10.2 Å². The molecule has 0 N–H and O–H groups in total. The number of hydrogen-bond acceptors (Lipinski definition) is 4. The molecule has 22 heavy (non-hydrogen) atoms. The van der Waals surface area contributed by atoms with Crippen LogP contribution >= 0.6 is 35.0 Å². The van der Waals surface area contributed by atoms with Crippen LogP contribution < -0.4 is 0 Å². The lowest BCUT2D eigenvalue weighted by Gasteiger charge is -1.98. The maximum Gasteiger partial charge on any atom is 0.276 e. The maximum absolute atomic E-state index is 5.86. The third-order valence-electron chi connectivity index (χ3n) is 2.99. The van der Waals surface area contributed by atoms with Crippen molar-refractivity contribution in [3.8, 4) is 0 Å². The summed E-state index contributed by atoms with van der Waals surface area (Å²) in [5.41, 5.74) is 2.24. The molecule has 0 radical (unpaired) electrons. The van der Waals surface area contributed by atoms with Gasteiger partial charge in [0.2, 0.25) is 5.89 Å². The molecule has 0 aliphatic carbocycles. The molecular weight excluding hydrogens is 339 g/mol. The van der Waals surface area contributed by atoms with E-state index in [4.69, 9.17) is 27.6 Å². The number of nitrogens with zero attached hydrogens (tertiary/aromatic N) is 2. The summed E-state index contributed by atoms with van der Waals surface area (Å²) >= 11 is 13.2. The van der Waals surface area contributed by atoms with Crippen LogP contribution in [0.25, 0.3) is 0 Å². The Bertz CT molecular complexity index is 742. The van der Waals surface area contributed by atoms with Gasteiger partial charge in [-0.05, 0) is 35.4 Å². The topological polar surface area (TPSA) is 38.9 Å². The average Bonchev–Trinajstić information content (AvgIpc) is 2.97. The fourth-order valence-electron chi connectivity index (χ4n) is 1.87. The van der Waals surface area contributed by atoms with E-state index < -0.39 is 0 Å². The first-order valence-electron chi connectivity index (χ1n) is 6.63. The minimum atomic E-state index is 0.568. The fraction of sp³-hybridized carbons (Fsp3) is 0.125. The zero-order chi connectivity index (χ0) is 15.4. The summed E-state index contributed by atoms with van der Waals surface area (Å²) in [6, 6.07) is 15.3. The molecule has 112 valence electrons. The second kappa shape index (κ2) is 7.18. The largest absolute Gasteiger partial charge is 0.416 e. The second-order valence-corrected chi connectivity index (χ2v) is 6.48. The first-order valence-corrected chi connectivity index (χ1v) is 8.37. The van der Waals surface area contributed by atoms with E-state index in [1.807, 2.05) is 48.5 Å². The SMILES string of the molecule is Clc1ccc(CSc2nnc(Cc3ccc(Cl)cc3)o2)cc1. The molecule has 0 aliphatic rings. The van der Waals surface area contributed by atoms with Crippen LogP contribution in [0.15, 0.2) is 58.2 Å². The van der Waals surface area contributed by atoms with Gasteiger partial charge in [-0.3, -0.25) is 0 Å². The van der Waals surface area contributed by atoms with Crippen LogP contribution in [0.5, 0.6) is 0 Å². The van der Waals surface area contributed by atoms with Crippen molar-refractivity contribution in [2.75, 3.05) is 0 Å². The van der Waals surface area contributed by atoms with Crippen LogP contribution in [0.4, 0.5) is 0 Å². The van der Waals surface area contributed by atoms with Gasteiger partial charge in [-0.15, -0.1) is 10.2 Å². The van der Waals surface area contributed by atoms with Crippen molar-refractivity contribution in [1.29, 1.82) is 0 Å². The number of benzene rings is 2. The van der Waals surface area contributed by atoms with Crippen LogP contribution in [0, 0.1) is 0 Å². The Morgan fingerprint density at radius 3 is 2.05 bits per heavy atom. The molecule has 0 fully saturated rings. The standard InChI is InChI=1S/C16H12Cl2N2OS/c17-13-5-1-11(2-6-13)9-15-19-20-16(21-15)22-10-12-3-7-14(18)8-4-12/h1-8H,9-10H2. The molecule has 1 aromatic heterocycles.